The second kappa shape index (κ2) is 8.47. The zero-order valence-electron chi connectivity index (χ0n) is 15.4. The lowest BCUT2D eigenvalue weighted by Crippen LogP contribution is -2.44. The van der Waals surface area contributed by atoms with Crippen LogP contribution < -0.4 is 15.6 Å². The van der Waals surface area contributed by atoms with E-state index in [4.69, 9.17) is 4.74 Å². The van der Waals surface area contributed by atoms with Crippen molar-refractivity contribution in [2.75, 3.05) is 6.61 Å². The predicted octanol–water partition coefficient (Wildman–Crippen LogP) is 3.41. The maximum Gasteiger partial charge on any atom is 0.276 e. The van der Waals surface area contributed by atoms with E-state index in [0.29, 0.717) is 11.3 Å². The fourth-order valence-electron chi connectivity index (χ4n) is 2.46. The maximum absolute atomic E-state index is 13.3. The molecule has 0 aliphatic rings. The molecule has 0 saturated carbocycles. The number of halogens is 1. The monoisotopic (exact) mass is 358 g/mol. The minimum Gasteiger partial charge on any atom is -0.483 e. The van der Waals surface area contributed by atoms with E-state index in [1.807, 2.05) is 39.0 Å². The second-order valence-electron chi connectivity index (χ2n) is 6.45. The molecule has 0 bridgehead atoms. The molecule has 0 aliphatic carbocycles. The summed E-state index contributed by atoms with van der Waals surface area (Å²) in [4.78, 5) is 24.0. The number of hydrazine groups is 1. The van der Waals surface area contributed by atoms with Crippen molar-refractivity contribution < 1.29 is 18.7 Å². The molecule has 5 nitrogen and oxygen atoms in total. The van der Waals surface area contributed by atoms with Crippen LogP contribution in [0.2, 0.25) is 0 Å². The molecule has 2 amide bonds. The van der Waals surface area contributed by atoms with Gasteiger partial charge < -0.3 is 4.74 Å². The molecule has 0 heterocycles. The Hall–Kier alpha value is -2.89. The molecule has 0 radical (unpaired) electrons. The number of benzene rings is 2. The quantitative estimate of drug-likeness (QED) is 0.805. The molecule has 2 rings (SSSR count). The van der Waals surface area contributed by atoms with Crippen LogP contribution >= 0.6 is 0 Å². The average Bonchev–Trinajstić information content (AvgIpc) is 2.59. The highest BCUT2D eigenvalue weighted by Gasteiger charge is 2.13. The molecule has 0 saturated heterocycles. The summed E-state index contributed by atoms with van der Waals surface area (Å²) < 4.78 is 18.9. The van der Waals surface area contributed by atoms with E-state index in [-0.39, 0.29) is 18.1 Å². The number of rotatable bonds is 5. The van der Waals surface area contributed by atoms with Crippen LogP contribution in [0, 0.1) is 19.7 Å². The first kappa shape index (κ1) is 19.4. The summed E-state index contributed by atoms with van der Waals surface area (Å²) in [5.74, 6) is -0.722. The molecule has 0 unspecified atom stereocenters. The van der Waals surface area contributed by atoms with Crippen LogP contribution in [-0.4, -0.2) is 18.4 Å². The lowest BCUT2D eigenvalue weighted by Gasteiger charge is -2.15. The second-order valence-corrected chi connectivity index (χ2v) is 6.45. The standard InChI is InChI=1S/C20H23FN2O3/c1-12(2)16-8-5-13(3)9-18(16)26-11-19(24)22-23-20(25)17-10-15(21)7-6-14(17)4/h5-10,12H,11H2,1-4H3,(H,22,24)(H,23,25). The number of nitrogens with one attached hydrogen (secondary N) is 2. The van der Waals surface area contributed by atoms with Crippen molar-refractivity contribution in [1.29, 1.82) is 0 Å². The lowest BCUT2D eigenvalue weighted by molar-refractivity contribution is -0.123. The summed E-state index contributed by atoms with van der Waals surface area (Å²) in [6, 6.07) is 9.73. The third-order valence-electron chi connectivity index (χ3n) is 3.91. The highest BCUT2D eigenvalue weighted by molar-refractivity contribution is 5.96. The first-order valence-electron chi connectivity index (χ1n) is 8.36. The zero-order valence-corrected chi connectivity index (χ0v) is 15.4. The van der Waals surface area contributed by atoms with Gasteiger partial charge in [-0.2, -0.15) is 0 Å². The first-order chi connectivity index (χ1) is 12.3. The molecule has 0 spiro atoms. The largest absolute Gasteiger partial charge is 0.483 e. The van der Waals surface area contributed by atoms with Crippen molar-refractivity contribution in [3.8, 4) is 5.75 Å². The highest BCUT2D eigenvalue weighted by atomic mass is 19.1. The topological polar surface area (TPSA) is 67.4 Å². The smallest absolute Gasteiger partial charge is 0.276 e. The number of hydrogen-bond donors (Lipinski definition) is 2. The van der Waals surface area contributed by atoms with Gasteiger partial charge in [-0.25, -0.2) is 4.39 Å². The molecular formula is C20H23FN2O3. The predicted molar refractivity (Wildman–Crippen MR) is 97.5 cm³/mol. The SMILES string of the molecule is Cc1ccc(C(C)C)c(OCC(=O)NNC(=O)c2cc(F)ccc2C)c1. The summed E-state index contributed by atoms with van der Waals surface area (Å²) in [5, 5.41) is 0. The van der Waals surface area contributed by atoms with Gasteiger partial charge >= 0.3 is 0 Å². The van der Waals surface area contributed by atoms with Crippen LogP contribution in [0.5, 0.6) is 5.75 Å². The van der Waals surface area contributed by atoms with Crippen molar-refractivity contribution >= 4 is 11.8 Å². The zero-order chi connectivity index (χ0) is 19.3. The van der Waals surface area contributed by atoms with Gasteiger partial charge in [-0.05, 0) is 54.7 Å². The fourth-order valence-corrected chi connectivity index (χ4v) is 2.46. The Morgan fingerprint density at radius 2 is 1.81 bits per heavy atom. The number of ether oxygens (including phenoxy) is 1. The normalized spacial score (nSPS) is 10.5. The summed E-state index contributed by atoms with van der Waals surface area (Å²) >= 11 is 0. The highest BCUT2D eigenvalue weighted by Crippen LogP contribution is 2.27. The first-order valence-corrected chi connectivity index (χ1v) is 8.36. The van der Waals surface area contributed by atoms with Gasteiger partial charge in [0, 0.05) is 5.56 Å². The number of carbonyl (C=O) groups excluding carboxylic acids is 2. The van der Waals surface area contributed by atoms with E-state index in [2.05, 4.69) is 10.9 Å². The molecule has 2 N–H and O–H groups in total. The number of amides is 2. The molecule has 6 heteroatoms. The van der Waals surface area contributed by atoms with Gasteiger partial charge in [-0.1, -0.05) is 32.0 Å². The molecule has 2 aromatic rings. The van der Waals surface area contributed by atoms with Gasteiger partial charge in [0.1, 0.15) is 11.6 Å². The minimum atomic E-state index is -0.589. The van der Waals surface area contributed by atoms with Crippen molar-refractivity contribution in [2.45, 2.75) is 33.6 Å². The van der Waals surface area contributed by atoms with E-state index < -0.39 is 17.6 Å². The Balaban J connectivity index is 1.93. The summed E-state index contributed by atoms with van der Waals surface area (Å²) in [6.45, 7) is 7.47. The van der Waals surface area contributed by atoms with Crippen molar-refractivity contribution in [3.63, 3.8) is 0 Å². The number of aryl methyl sites for hydroxylation is 2. The molecular weight excluding hydrogens is 335 g/mol. The summed E-state index contributed by atoms with van der Waals surface area (Å²) in [5.41, 5.74) is 7.34. The summed E-state index contributed by atoms with van der Waals surface area (Å²) in [7, 11) is 0. The van der Waals surface area contributed by atoms with E-state index >= 15 is 0 Å². The summed E-state index contributed by atoms with van der Waals surface area (Å²) in [6.07, 6.45) is 0. The molecule has 2 aromatic carbocycles. The van der Waals surface area contributed by atoms with Crippen LogP contribution in [0.3, 0.4) is 0 Å². The molecule has 0 atom stereocenters. The molecule has 0 fully saturated rings. The van der Waals surface area contributed by atoms with Gasteiger partial charge in [-0.3, -0.25) is 20.4 Å². The van der Waals surface area contributed by atoms with E-state index in [9.17, 15) is 14.0 Å². The van der Waals surface area contributed by atoms with Gasteiger partial charge in [0.05, 0.1) is 0 Å². The van der Waals surface area contributed by atoms with Crippen LogP contribution in [0.25, 0.3) is 0 Å². The number of carbonyl (C=O) groups is 2. The van der Waals surface area contributed by atoms with Crippen molar-refractivity contribution in [1.82, 2.24) is 10.9 Å². The lowest BCUT2D eigenvalue weighted by atomic mass is 10.0. The molecule has 0 aliphatic heterocycles. The third kappa shape index (κ3) is 5.05. The van der Waals surface area contributed by atoms with E-state index in [0.717, 1.165) is 17.2 Å². The number of hydrogen-bond acceptors (Lipinski definition) is 3. The Bertz CT molecular complexity index is 819. The van der Waals surface area contributed by atoms with Crippen LogP contribution in [0.15, 0.2) is 36.4 Å². The van der Waals surface area contributed by atoms with E-state index in [1.165, 1.54) is 12.1 Å². The van der Waals surface area contributed by atoms with Gasteiger partial charge in [0.25, 0.3) is 11.8 Å². The third-order valence-corrected chi connectivity index (χ3v) is 3.91. The maximum atomic E-state index is 13.3. The fraction of sp³-hybridized carbons (Fsp3) is 0.300. The van der Waals surface area contributed by atoms with Gasteiger partial charge in [0.2, 0.25) is 0 Å². The Morgan fingerprint density at radius 1 is 1.08 bits per heavy atom. The van der Waals surface area contributed by atoms with E-state index in [1.54, 1.807) is 6.92 Å². The molecule has 0 aromatic heterocycles. The van der Waals surface area contributed by atoms with Gasteiger partial charge in [-0.15, -0.1) is 0 Å². The minimum absolute atomic E-state index is 0.159. The Kier molecular flexibility index (Phi) is 6.33. The van der Waals surface area contributed by atoms with Crippen LogP contribution in [0.4, 0.5) is 4.39 Å². The Morgan fingerprint density at radius 3 is 2.50 bits per heavy atom. The molecule has 138 valence electrons. The van der Waals surface area contributed by atoms with Crippen LogP contribution in [0.1, 0.15) is 46.8 Å². The van der Waals surface area contributed by atoms with Crippen LogP contribution in [-0.2, 0) is 4.79 Å². The van der Waals surface area contributed by atoms with Crippen molar-refractivity contribution in [2.24, 2.45) is 0 Å². The Labute approximate surface area is 152 Å². The molecule has 26 heavy (non-hydrogen) atoms. The average molecular weight is 358 g/mol. The van der Waals surface area contributed by atoms with Crippen molar-refractivity contribution in [3.05, 3.63) is 64.5 Å². The van der Waals surface area contributed by atoms with Gasteiger partial charge in [0.15, 0.2) is 6.61 Å².